The molecule has 224 valence electrons. The summed E-state index contributed by atoms with van der Waals surface area (Å²) in [7, 11) is 3.24. The van der Waals surface area contributed by atoms with Gasteiger partial charge in [-0.25, -0.2) is 4.98 Å². The summed E-state index contributed by atoms with van der Waals surface area (Å²) in [6, 6.07) is 20.4. The van der Waals surface area contributed by atoms with Gasteiger partial charge in [-0.15, -0.1) is 0 Å². The van der Waals surface area contributed by atoms with Crippen LogP contribution in [0.25, 0.3) is 33.8 Å². The smallest absolute Gasteiger partial charge is 0.227 e. The molecule has 3 aromatic carbocycles. The summed E-state index contributed by atoms with van der Waals surface area (Å²) in [5.41, 5.74) is 3.71. The summed E-state index contributed by atoms with van der Waals surface area (Å²) in [5, 5.41) is 15.6. The van der Waals surface area contributed by atoms with E-state index in [1.54, 1.807) is 33.3 Å². The van der Waals surface area contributed by atoms with Gasteiger partial charge in [0.05, 0.1) is 20.8 Å². The topological polar surface area (TPSA) is 106 Å². The van der Waals surface area contributed by atoms with Gasteiger partial charge in [-0.2, -0.15) is 0 Å². The van der Waals surface area contributed by atoms with Gasteiger partial charge in [-0.1, -0.05) is 16.8 Å². The van der Waals surface area contributed by atoms with Crippen molar-refractivity contribution >= 4 is 22.7 Å². The van der Waals surface area contributed by atoms with Gasteiger partial charge in [-0.05, 0) is 55.5 Å². The largest absolute Gasteiger partial charge is 0.497 e. The summed E-state index contributed by atoms with van der Waals surface area (Å²) in [6.07, 6.45) is -1.22. The van der Waals surface area contributed by atoms with Crippen LogP contribution in [-0.4, -0.2) is 77.8 Å². The van der Waals surface area contributed by atoms with Gasteiger partial charge in [0.2, 0.25) is 5.89 Å². The fraction of sp³-hybridized carbons (Fsp3) is 0.312. The SMILES string of the molecule is COc1ccc(-c2cc(CN3CCN(C(Oc4ccc5oc(-c6ccc(Cl)cc6)nc5c4)C(C)O)CC3)on2)c(OC)c1. The van der Waals surface area contributed by atoms with Gasteiger partial charge in [0, 0.05) is 60.5 Å². The maximum absolute atomic E-state index is 10.6. The van der Waals surface area contributed by atoms with Crippen LogP contribution in [0.1, 0.15) is 12.7 Å². The molecule has 5 aromatic rings. The first-order valence-electron chi connectivity index (χ1n) is 14.1. The molecule has 0 aliphatic carbocycles. The molecule has 3 heterocycles. The molecule has 10 nitrogen and oxygen atoms in total. The van der Waals surface area contributed by atoms with Crippen molar-refractivity contribution in [2.75, 3.05) is 40.4 Å². The van der Waals surface area contributed by atoms with Crippen LogP contribution in [0.5, 0.6) is 17.2 Å². The Bertz CT molecular complexity index is 1680. The number of nitrogens with zero attached hydrogens (tertiary/aromatic N) is 4. The molecule has 2 unspecified atom stereocenters. The molecule has 1 saturated heterocycles. The van der Waals surface area contributed by atoms with Gasteiger partial charge in [-0.3, -0.25) is 9.80 Å². The molecule has 1 N–H and O–H groups in total. The number of aromatic nitrogens is 2. The van der Waals surface area contributed by atoms with Crippen LogP contribution in [0, 0.1) is 0 Å². The zero-order chi connectivity index (χ0) is 29.9. The summed E-state index contributed by atoms with van der Waals surface area (Å²) in [5.74, 6) is 3.27. The second-order valence-corrected chi connectivity index (χ2v) is 10.9. The Labute approximate surface area is 254 Å². The number of rotatable bonds is 10. The number of piperazine rings is 1. The van der Waals surface area contributed by atoms with E-state index >= 15 is 0 Å². The Balaban J connectivity index is 1.08. The van der Waals surface area contributed by atoms with Gasteiger partial charge in [0.25, 0.3) is 0 Å². The Morgan fingerprint density at radius 2 is 1.70 bits per heavy atom. The maximum atomic E-state index is 10.6. The van der Waals surface area contributed by atoms with Crippen molar-refractivity contribution in [2.24, 2.45) is 0 Å². The fourth-order valence-corrected chi connectivity index (χ4v) is 5.36. The maximum Gasteiger partial charge on any atom is 0.227 e. The van der Waals surface area contributed by atoms with E-state index in [9.17, 15) is 5.11 Å². The highest BCUT2D eigenvalue weighted by Crippen LogP contribution is 2.33. The van der Waals surface area contributed by atoms with E-state index < -0.39 is 12.3 Å². The minimum absolute atomic E-state index is 0.508. The number of hydrogen-bond donors (Lipinski definition) is 1. The highest BCUT2D eigenvalue weighted by atomic mass is 35.5. The second-order valence-electron chi connectivity index (χ2n) is 10.5. The third kappa shape index (κ3) is 6.47. The Morgan fingerprint density at radius 3 is 2.42 bits per heavy atom. The Morgan fingerprint density at radius 1 is 0.930 bits per heavy atom. The average Bonchev–Trinajstić information content (AvgIpc) is 3.67. The zero-order valence-corrected chi connectivity index (χ0v) is 25.0. The van der Waals surface area contributed by atoms with Gasteiger partial charge in [0.1, 0.15) is 34.6 Å². The molecule has 2 aromatic heterocycles. The molecule has 0 amide bonds. The van der Waals surface area contributed by atoms with E-state index in [4.69, 9.17) is 34.8 Å². The summed E-state index contributed by atoms with van der Waals surface area (Å²) in [4.78, 5) is 9.08. The number of aliphatic hydroxyl groups is 1. The van der Waals surface area contributed by atoms with E-state index in [0.29, 0.717) is 51.5 Å². The molecule has 11 heteroatoms. The number of methoxy groups -OCH3 is 2. The van der Waals surface area contributed by atoms with Crippen molar-refractivity contribution in [1.82, 2.24) is 19.9 Å². The predicted octanol–water partition coefficient (Wildman–Crippen LogP) is 5.72. The van der Waals surface area contributed by atoms with Crippen molar-refractivity contribution in [1.29, 1.82) is 0 Å². The van der Waals surface area contributed by atoms with Crippen LogP contribution in [0.15, 0.2) is 75.7 Å². The third-order valence-electron chi connectivity index (χ3n) is 7.51. The van der Waals surface area contributed by atoms with Gasteiger partial charge >= 0.3 is 0 Å². The third-order valence-corrected chi connectivity index (χ3v) is 7.76. The minimum atomic E-state index is -0.708. The Kier molecular flexibility index (Phi) is 8.53. The number of fused-ring (bicyclic) bond motifs is 1. The summed E-state index contributed by atoms with van der Waals surface area (Å²) in [6.45, 7) is 5.36. The summed E-state index contributed by atoms with van der Waals surface area (Å²) < 4.78 is 28.7. The van der Waals surface area contributed by atoms with E-state index in [1.165, 1.54) is 0 Å². The lowest BCUT2D eigenvalue weighted by molar-refractivity contribution is -0.0756. The predicted molar refractivity (Wildman–Crippen MR) is 162 cm³/mol. The molecule has 1 aliphatic heterocycles. The molecular formula is C32H33ClN4O6. The first-order chi connectivity index (χ1) is 20.9. The molecule has 0 saturated carbocycles. The molecular weight excluding hydrogens is 572 g/mol. The van der Waals surface area contributed by atoms with Crippen molar-refractivity contribution in [2.45, 2.75) is 25.8 Å². The highest BCUT2D eigenvalue weighted by Gasteiger charge is 2.29. The van der Waals surface area contributed by atoms with Crippen molar-refractivity contribution < 1.29 is 28.3 Å². The van der Waals surface area contributed by atoms with E-state index in [0.717, 1.165) is 43.1 Å². The quantitative estimate of drug-likeness (QED) is 0.213. The van der Waals surface area contributed by atoms with Crippen LogP contribution in [-0.2, 0) is 6.54 Å². The fourth-order valence-electron chi connectivity index (χ4n) is 5.23. The van der Waals surface area contributed by atoms with Gasteiger partial charge in [0.15, 0.2) is 17.6 Å². The van der Waals surface area contributed by atoms with E-state index in [1.807, 2.05) is 54.6 Å². The van der Waals surface area contributed by atoms with Crippen LogP contribution in [0.2, 0.25) is 5.02 Å². The number of halogens is 1. The highest BCUT2D eigenvalue weighted by molar-refractivity contribution is 6.30. The lowest BCUT2D eigenvalue weighted by atomic mass is 10.1. The molecule has 0 bridgehead atoms. The standard InChI is InChI=1S/C32H33ClN4O6/c1-20(38)32(41-24-9-11-29-28(16-24)34-31(42-29)21-4-6-22(33)7-5-21)37-14-12-36(13-15-37)19-25-17-27(35-43-25)26-10-8-23(39-2)18-30(26)40-3/h4-11,16-18,20,32,38H,12-15,19H2,1-3H3. The molecule has 6 rings (SSSR count). The van der Waals surface area contributed by atoms with Crippen molar-refractivity contribution in [3.63, 3.8) is 0 Å². The monoisotopic (exact) mass is 604 g/mol. The van der Waals surface area contributed by atoms with Crippen LogP contribution >= 0.6 is 11.6 Å². The summed E-state index contributed by atoms with van der Waals surface area (Å²) >= 11 is 6.01. The number of benzene rings is 3. The molecule has 1 fully saturated rings. The van der Waals surface area contributed by atoms with Crippen LogP contribution < -0.4 is 14.2 Å². The van der Waals surface area contributed by atoms with Gasteiger partial charge < -0.3 is 28.3 Å². The second kappa shape index (κ2) is 12.6. The van der Waals surface area contributed by atoms with Crippen molar-refractivity contribution in [3.05, 3.63) is 77.5 Å². The zero-order valence-electron chi connectivity index (χ0n) is 24.2. The first-order valence-corrected chi connectivity index (χ1v) is 14.4. The average molecular weight is 605 g/mol. The van der Waals surface area contributed by atoms with Crippen molar-refractivity contribution in [3.8, 4) is 40.0 Å². The lowest BCUT2D eigenvalue weighted by Gasteiger charge is -2.39. The number of hydrogen-bond acceptors (Lipinski definition) is 10. The first kappa shape index (κ1) is 29.0. The van der Waals surface area contributed by atoms with Crippen LogP contribution in [0.3, 0.4) is 0 Å². The molecule has 1 aliphatic rings. The molecule has 0 radical (unpaired) electrons. The van der Waals surface area contributed by atoms with Crippen LogP contribution in [0.4, 0.5) is 0 Å². The molecule has 0 spiro atoms. The number of aliphatic hydroxyl groups excluding tert-OH is 1. The number of ether oxygens (including phenoxy) is 3. The Hall–Kier alpha value is -4.09. The van der Waals surface area contributed by atoms with E-state index in [-0.39, 0.29) is 0 Å². The number of oxazole rings is 1. The lowest BCUT2D eigenvalue weighted by Crippen LogP contribution is -2.55. The molecule has 2 atom stereocenters. The van der Waals surface area contributed by atoms with E-state index in [2.05, 4.69) is 19.9 Å². The minimum Gasteiger partial charge on any atom is -0.497 e. The normalized spacial score (nSPS) is 15.8. The molecule has 43 heavy (non-hydrogen) atoms.